The average molecular weight is 327 g/mol. The molecule has 118 valence electrons. The van der Waals surface area contributed by atoms with E-state index in [9.17, 15) is 0 Å². The van der Waals surface area contributed by atoms with Crippen LogP contribution in [0.3, 0.4) is 0 Å². The van der Waals surface area contributed by atoms with Crippen LogP contribution in [0.5, 0.6) is 0 Å². The minimum absolute atomic E-state index is 0.727. The largest absolute Gasteiger partial charge is 0.360 e. The topological polar surface area (TPSA) is 31.5 Å². The molecule has 0 aromatic heterocycles. The molecule has 0 amide bonds. The van der Waals surface area contributed by atoms with Gasteiger partial charge in [-0.25, -0.2) is 0 Å². The van der Waals surface area contributed by atoms with Crippen LogP contribution in [-0.4, -0.2) is 26.2 Å². The van der Waals surface area contributed by atoms with Crippen molar-refractivity contribution >= 4 is 17.3 Å². The van der Waals surface area contributed by atoms with Crippen molar-refractivity contribution in [2.75, 3.05) is 31.1 Å². The maximum atomic E-state index is 8.86. The number of quaternary nitrogens is 1. The molecule has 2 aromatic rings. The summed E-state index contributed by atoms with van der Waals surface area (Å²) in [6.45, 7) is 7.49. The summed E-state index contributed by atoms with van der Waals surface area (Å²) in [6, 6.07) is 16.2. The number of piperazine rings is 1. The van der Waals surface area contributed by atoms with E-state index in [0.717, 1.165) is 43.3 Å². The van der Waals surface area contributed by atoms with E-state index < -0.39 is 0 Å². The highest BCUT2D eigenvalue weighted by Crippen LogP contribution is 2.24. The van der Waals surface area contributed by atoms with Crippen LogP contribution in [0.15, 0.2) is 42.5 Å². The van der Waals surface area contributed by atoms with Crippen LogP contribution >= 0.6 is 11.6 Å². The van der Waals surface area contributed by atoms with Crippen LogP contribution in [0.1, 0.15) is 16.7 Å². The van der Waals surface area contributed by atoms with Crippen molar-refractivity contribution in [2.45, 2.75) is 13.5 Å². The number of hydrogen-bond acceptors (Lipinski definition) is 2. The summed E-state index contributed by atoms with van der Waals surface area (Å²) < 4.78 is 0. The summed E-state index contributed by atoms with van der Waals surface area (Å²) in [6.07, 6.45) is 0. The van der Waals surface area contributed by atoms with Gasteiger partial charge < -0.3 is 9.80 Å². The van der Waals surface area contributed by atoms with Crippen molar-refractivity contribution in [3.05, 3.63) is 64.2 Å². The van der Waals surface area contributed by atoms with Crippen LogP contribution in [0.2, 0.25) is 5.02 Å². The summed E-state index contributed by atoms with van der Waals surface area (Å²) in [5.41, 5.74) is 4.57. The number of halogens is 1. The lowest BCUT2D eigenvalue weighted by Crippen LogP contribution is -3.13. The fourth-order valence-electron chi connectivity index (χ4n) is 3.15. The predicted molar refractivity (Wildman–Crippen MR) is 94.0 cm³/mol. The van der Waals surface area contributed by atoms with Crippen molar-refractivity contribution in [3.63, 3.8) is 0 Å². The molecule has 0 unspecified atom stereocenters. The first-order chi connectivity index (χ1) is 11.2. The Morgan fingerprint density at radius 2 is 1.83 bits per heavy atom. The molecule has 0 saturated carbocycles. The van der Waals surface area contributed by atoms with E-state index >= 15 is 0 Å². The molecule has 1 heterocycles. The molecule has 1 saturated heterocycles. The second-order valence-electron chi connectivity index (χ2n) is 6.15. The Balaban J connectivity index is 1.59. The lowest BCUT2D eigenvalue weighted by molar-refractivity contribution is -0.914. The number of nitrogens with one attached hydrogen (secondary N) is 1. The number of benzene rings is 2. The normalized spacial score (nSPS) is 15.4. The minimum atomic E-state index is 0.727. The predicted octanol–water partition coefficient (Wildman–Crippen LogP) is 2.43. The van der Waals surface area contributed by atoms with E-state index in [1.807, 2.05) is 18.2 Å². The standard InChI is InChI=1S/C19H20ClN3/c1-15-2-7-18(20)12-19(15)23-10-8-22(9-11-23)14-17-5-3-16(13-21)4-6-17/h2-7,12H,8-11,14H2,1H3/p+1. The maximum absolute atomic E-state index is 8.86. The Morgan fingerprint density at radius 3 is 2.48 bits per heavy atom. The SMILES string of the molecule is Cc1ccc(Cl)cc1N1CC[NH+](Cc2ccc(C#N)cc2)CC1. The van der Waals surface area contributed by atoms with Crippen LogP contribution in [0.4, 0.5) is 5.69 Å². The molecule has 0 atom stereocenters. The highest BCUT2D eigenvalue weighted by atomic mass is 35.5. The molecule has 23 heavy (non-hydrogen) atoms. The van der Waals surface area contributed by atoms with Crippen LogP contribution < -0.4 is 9.80 Å². The van der Waals surface area contributed by atoms with Gasteiger partial charge in [0.05, 0.1) is 37.8 Å². The molecule has 3 nitrogen and oxygen atoms in total. The van der Waals surface area contributed by atoms with Gasteiger partial charge in [0, 0.05) is 16.3 Å². The molecule has 4 heteroatoms. The summed E-state index contributed by atoms with van der Waals surface area (Å²) in [5, 5.41) is 9.66. The van der Waals surface area contributed by atoms with E-state index in [-0.39, 0.29) is 0 Å². The average Bonchev–Trinajstić information content (AvgIpc) is 2.58. The molecule has 1 aliphatic heterocycles. The zero-order chi connectivity index (χ0) is 16.2. The fraction of sp³-hybridized carbons (Fsp3) is 0.316. The van der Waals surface area contributed by atoms with E-state index in [0.29, 0.717) is 0 Å². The Morgan fingerprint density at radius 1 is 1.13 bits per heavy atom. The first-order valence-corrected chi connectivity index (χ1v) is 8.37. The van der Waals surface area contributed by atoms with E-state index in [1.165, 1.54) is 16.8 Å². The summed E-state index contributed by atoms with van der Waals surface area (Å²) in [7, 11) is 0. The van der Waals surface area contributed by atoms with Gasteiger partial charge in [-0.3, -0.25) is 0 Å². The third kappa shape index (κ3) is 3.85. The quantitative estimate of drug-likeness (QED) is 0.939. The molecule has 1 aliphatic rings. The monoisotopic (exact) mass is 326 g/mol. The van der Waals surface area contributed by atoms with Crippen LogP contribution in [0.25, 0.3) is 0 Å². The lowest BCUT2D eigenvalue weighted by atomic mass is 10.1. The molecule has 0 aliphatic carbocycles. The highest BCUT2D eigenvalue weighted by molar-refractivity contribution is 6.30. The van der Waals surface area contributed by atoms with E-state index in [4.69, 9.17) is 16.9 Å². The molecule has 1 N–H and O–H groups in total. The van der Waals surface area contributed by atoms with Gasteiger partial charge in [-0.2, -0.15) is 5.26 Å². The fourth-order valence-corrected chi connectivity index (χ4v) is 3.32. The van der Waals surface area contributed by atoms with Crippen molar-refractivity contribution < 1.29 is 4.90 Å². The number of aryl methyl sites for hydroxylation is 1. The first-order valence-electron chi connectivity index (χ1n) is 7.99. The van der Waals surface area contributed by atoms with Crippen molar-refractivity contribution in [1.82, 2.24) is 0 Å². The minimum Gasteiger partial charge on any atom is -0.360 e. The summed E-state index contributed by atoms with van der Waals surface area (Å²) >= 11 is 6.14. The Labute approximate surface area is 142 Å². The highest BCUT2D eigenvalue weighted by Gasteiger charge is 2.21. The maximum Gasteiger partial charge on any atom is 0.103 e. The van der Waals surface area contributed by atoms with Gasteiger partial charge >= 0.3 is 0 Å². The first kappa shape index (κ1) is 15.9. The van der Waals surface area contributed by atoms with Gasteiger partial charge in [-0.15, -0.1) is 0 Å². The van der Waals surface area contributed by atoms with Crippen molar-refractivity contribution in [3.8, 4) is 6.07 Å². The summed E-state index contributed by atoms with van der Waals surface area (Å²) in [4.78, 5) is 4.02. The molecule has 3 rings (SSSR count). The number of nitrogens with zero attached hydrogens (tertiary/aromatic N) is 2. The molecular formula is C19H21ClN3+. The zero-order valence-electron chi connectivity index (χ0n) is 13.3. The molecule has 1 fully saturated rings. The van der Waals surface area contributed by atoms with Gasteiger partial charge in [0.25, 0.3) is 0 Å². The van der Waals surface area contributed by atoms with Gasteiger partial charge in [-0.05, 0) is 36.8 Å². The molecule has 0 spiro atoms. The number of nitriles is 1. The van der Waals surface area contributed by atoms with E-state index in [2.05, 4.69) is 42.2 Å². The Hall–Kier alpha value is -2.02. The second kappa shape index (κ2) is 7.04. The van der Waals surface area contributed by atoms with Crippen LogP contribution in [0, 0.1) is 18.3 Å². The van der Waals surface area contributed by atoms with Crippen molar-refractivity contribution in [2.24, 2.45) is 0 Å². The smallest absolute Gasteiger partial charge is 0.103 e. The summed E-state index contributed by atoms with van der Waals surface area (Å²) in [5.74, 6) is 0. The molecular weight excluding hydrogens is 306 g/mol. The second-order valence-corrected chi connectivity index (χ2v) is 6.59. The molecule has 0 radical (unpaired) electrons. The van der Waals surface area contributed by atoms with Crippen molar-refractivity contribution in [1.29, 1.82) is 5.26 Å². The zero-order valence-corrected chi connectivity index (χ0v) is 14.1. The van der Waals surface area contributed by atoms with Gasteiger partial charge in [0.2, 0.25) is 0 Å². The molecule has 2 aromatic carbocycles. The number of anilines is 1. The molecule has 0 bridgehead atoms. The van der Waals surface area contributed by atoms with Crippen LogP contribution in [-0.2, 0) is 6.54 Å². The third-order valence-electron chi connectivity index (χ3n) is 4.52. The lowest BCUT2D eigenvalue weighted by Gasteiger charge is -2.34. The van der Waals surface area contributed by atoms with Gasteiger partial charge in [-0.1, -0.05) is 29.8 Å². The van der Waals surface area contributed by atoms with E-state index in [1.54, 1.807) is 4.90 Å². The van der Waals surface area contributed by atoms with Gasteiger partial charge in [0.15, 0.2) is 0 Å². The Kier molecular flexibility index (Phi) is 4.85. The number of rotatable bonds is 3. The Bertz CT molecular complexity index is 710. The van der Waals surface area contributed by atoms with Gasteiger partial charge in [0.1, 0.15) is 6.54 Å². The number of hydrogen-bond donors (Lipinski definition) is 1. The third-order valence-corrected chi connectivity index (χ3v) is 4.75.